The summed E-state index contributed by atoms with van der Waals surface area (Å²) >= 11 is 1.70. The molecule has 2 N–H and O–H groups in total. The number of thioether (sulfide) groups is 1. The van der Waals surface area contributed by atoms with Crippen LogP contribution in [0.2, 0.25) is 0 Å². The molecule has 1 saturated heterocycles. The molecule has 6 nitrogen and oxygen atoms in total. The van der Waals surface area contributed by atoms with E-state index in [-0.39, 0.29) is 24.2 Å². The van der Waals surface area contributed by atoms with Crippen molar-refractivity contribution in [1.82, 2.24) is 9.80 Å². The van der Waals surface area contributed by atoms with Crippen LogP contribution in [0.15, 0.2) is 24.3 Å². The summed E-state index contributed by atoms with van der Waals surface area (Å²) in [6.07, 6.45) is 4.70. The summed E-state index contributed by atoms with van der Waals surface area (Å²) in [7, 11) is 1.64. The van der Waals surface area contributed by atoms with E-state index in [1.807, 2.05) is 40.3 Å². The predicted octanol–water partition coefficient (Wildman–Crippen LogP) is 2.19. The van der Waals surface area contributed by atoms with E-state index in [1.165, 1.54) is 0 Å². The van der Waals surface area contributed by atoms with Crippen LogP contribution in [-0.4, -0.2) is 73.0 Å². The maximum Gasteiger partial charge on any atom is 0.239 e. The lowest BCUT2D eigenvalue weighted by atomic mass is 10.1. The SMILES string of the molecule is COc1ccc(CCC(=O)N2CCCN(C(=O)[C@@H](N)CCSC)CC2)cc1.Cl. The van der Waals surface area contributed by atoms with Gasteiger partial charge in [-0.05, 0) is 49.0 Å². The zero-order valence-electron chi connectivity index (χ0n) is 16.8. The molecule has 0 aliphatic carbocycles. The first-order valence-electron chi connectivity index (χ1n) is 9.49. The van der Waals surface area contributed by atoms with Crippen LogP contribution in [0.1, 0.15) is 24.8 Å². The topological polar surface area (TPSA) is 75.9 Å². The number of aryl methyl sites for hydroxylation is 1. The van der Waals surface area contributed by atoms with Crippen LogP contribution < -0.4 is 10.5 Å². The Balaban J connectivity index is 0.00000392. The summed E-state index contributed by atoms with van der Waals surface area (Å²) in [5.74, 6) is 1.86. The van der Waals surface area contributed by atoms with Gasteiger partial charge in [0.2, 0.25) is 11.8 Å². The second-order valence-electron chi connectivity index (χ2n) is 6.80. The van der Waals surface area contributed by atoms with Gasteiger partial charge in [-0.15, -0.1) is 12.4 Å². The molecule has 1 fully saturated rings. The van der Waals surface area contributed by atoms with Gasteiger partial charge in [-0.3, -0.25) is 9.59 Å². The number of hydrogen-bond acceptors (Lipinski definition) is 5. The number of nitrogens with two attached hydrogens (primary N) is 1. The Morgan fingerprint density at radius 3 is 2.43 bits per heavy atom. The highest BCUT2D eigenvalue weighted by Crippen LogP contribution is 2.14. The average Bonchev–Trinajstić information content (AvgIpc) is 2.96. The highest BCUT2D eigenvalue weighted by atomic mass is 35.5. The van der Waals surface area contributed by atoms with Gasteiger partial charge < -0.3 is 20.3 Å². The molecular formula is C20H32ClN3O3S. The lowest BCUT2D eigenvalue weighted by Crippen LogP contribution is -2.45. The van der Waals surface area contributed by atoms with Crippen molar-refractivity contribution in [3.63, 3.8) is 0 Å². The van der Waals surface area contributed by atoms with E-state index < -0.39 is 6.04 Å². The number of ether oxygens (including phenoxy) is 1. The van der Waals surface area contributed by atoms with Gasteiger partial charge in [0.25, 0.3) is 0 Å². The fraction of sp³-hybridized carbons (Fsp3) is 0.600. The normalized spacial score (nSPS) is 15.4. The molecule has 0 aromatic heterocycles. The minimum atomic E-state index is -0.435. The van der Waals surface area contributed by atoms with Crippen molar-refractivity contribution in [3.05, 3.63) is 29.8 Å². The first-order chi connectivity index (χ1) is 13.0. The third kappa shape index (κ3) is 7.53. The Morgan fingerprint density at radius 1 is 1.14 bits per heavy atom. The number of halogens is 1. The van der Waals surface area contributed by atoms with Crippen molar-refractivity contribution in [2.75, 3.05) is 45.3 Å². The number of hydrogen-bond donors (Lipinski definition) is 1. The Morgan fingerprint density at radius 2 is 1.79 bits per heavy atom. The Kier molecular flexibility index (Phi) is 11.3. The highest BCUT2D eigenvalue weighted by Gasteiger charge is 2.25. The minimum Gasteiger partial charge on any atom is -0.497 e. The van der Waals surface area contributed by atoms with Crippen LogP contribution in [-0.2, 0) is 16.0 Å². The number of amides is 2. The van der Waals surface area contributed by atoms with Crippen molar-refractivity contribution in [2.24, 2.45) is 5.73 Å². The van der Waals surface area contributed by atoms with Crippen molar-refractivity contribution >= 4 is 36.0 Å². The molecule has 0 spiro atoms. The highest BCUT2D eigenvalue weighted by molar-refractivity contribution is 7.98. The lowest BCUT2D eigenvalue weighted by molar-refractivity contribution is -0.134. The van der Waals surface area contributed by atoms with Crippen LogP contribution in [0.4, 0.5) is 0 Å². The third-order valence-corrected chi connectivity index (χ3v) is 5.54. The first-order valence-corrected chi connectivity index (χ1v) is 10.9. The number of carbonyl (C=O) groups excluding carboxylic acids is 2. The summed E-state index contributed by atoms with van der Waals surface area (Å²) in [4.78, 5) is 28.7. The maximum absolute atomic E-state index is 12.6. The molecular weight excluding hydrogens is 398 g/mol. The molecule has 1 aliphatic heterocycles. The van der Waals surface area contributed by atoms with E-state index in [0.717, 1.165) is 23.5 Å². The van der Waals surface area contributed by atoms with Gasteiger partial charge >= 0.3 is 0 Å². The van der Waals surface area contributed by atoms with Gasteiger partial charge in [0.05, 0.1) is 13.2 Å². The molecule has 0 unspecified atom stereocenters. The zero-order valence-corrected chi connectivity index (χ0v) is 18.4. The molecule has 1 aromatic carbocycles. The van der Waals surface area contributed by atoms with Crippen molar-refractivity contribution in [2.45, 2.75) is 31.7 Å². The van der Waals surface area contributed by atoms with Crippen LogP contribution in [0.3, 0.4) is 0 Å². The van der Waals surface area contributed by atoms with Crippen molar-refractivity contribution in [3.8, 4) is 5.75 Å². The fourth-order valence-electron chi connectivity index (χ4n) is 3.19. The number of methoxy groups -OCH3 is 1. The molecule has 1 heterocycles. The summed E-state index contributed by atoms with van der Waals surface area (Å²) in [6.45, 7) is 2.53. The second-order valence-corrected chi connectivity index (χ2v) is 7.78. The van der Waals surface area contributed by atoms with E-state index in [2.05, 4.69) is 0 Å². The number of nitrogens with zero attached hydrogens (tertiary/aromatic N) is 2. The molecule has 1 aliphatic rings. The minimum absolute atomic E-state index is 0. The monoisotopic (exact) mass is 429 g/mol. The summed E-state index contributed by atoms with van der Waals surface area (Å²) in [6, 6.07) is 7.37. The summed E-state index contributed by atoms with van der Waals surface area (Å²) < 4.78 is 5.15. The predicted molar refractivity (Wildman–Crippen MR) is 117 cm³/mol. The zero-order chi connectivity index (χ0) is 19.6. The van der Waals surface area contributed by atoms with Crippen LogP contribution >= 0.6 is 24.2 Å². The molecule has 1 atom stereocenters. The summed E-state index contributed by atoms with van der Waals surface area (Å²) in [5.41, 5.74) is 7.14. The lowest BCUT2D eigenvalue weighted by Gasteiger charge is -2.24. The van der Waals surface area contributed by atoms with Crippen molar-refractivity contribution in [1.29, 1.82) is 0 Å². The molecule has 28 heavy (non-hydrogen) atoms. The van der Waals surface area contributed by atoms with Crippen LogP contribution in [0, 0.1) is 0 Å². The van der Waals surface area contributed by atoms with Gasteiger partial charge in [0.1, 0.15) is 5.75 Å². The Bertz CT molecular complexity index is 615. The maximum atomic E-state index is 12.6. The second kappa shape index (κ2) is 12.9. The molecule has 158 valence electrons. The molecule has 2 rings (SSSR count). The van der Waals surface area contributed by atoms with Crippen LogP contribution in [0.5, 0.6) is 5.75 Å². The smallest absolute Gasteiger partial charge is 0.239 e. The fourth-order valence-corrected chi connectivity index (χ4v) is 3.68. The van der Waals surface area contributed by atoms with Gasteiger partial charge in [-0.25, -0.2) is 0 Å². The van der Waals surface area contributed by atoms with Crippen LogP contribution in [0.25, 0.3) is 0 Å². The van der Waals surface area contributed by atoms with E-state index in [1.54, 1.807) is 18.9 Å². The van der Waals surface area contributed by atoms with E-state index in [4.69, 9.17) is 10.5 Å². The summed E-state index contributed by atoms with van der Waals surface area (Å²) in [5, 5.41) is 0. The van der Waals surface area contributed by atoms with Gasteiger partial charge in [0, 0.05) is 32.6 Å². The molecule has 1 aromatic rings. The molecule has 0 bridgehead atoms. The van der Waals surface area contributed by atoms with Crippen molar-refractivity contribution < 1.29 is 14.3 Å². The average molecular weight is 430 g/mol. The molecule has 0 saturated carbocycles. The van der Waals surface area contributed by atoms with Gasteiger partial charge in [0.15, 0.2) is 0 Å². The van der Waals surface area contributed by atoms with Gasteiger partial charge in [-0.2, -0.15) is 11.8 Å². The molecule has 0 radical (unpaired) electrons. The quantitative estimate of drug-likeness (QED) is 0.685. The first kappa shape index (κ1) is 24.6. The molecule has 2 amide bonds. The third-order valence-electron chi connectivity index (χ3n) is 4.90. The van der Waals surface area contributed by atoms with E-state index >= 15 is 0 Å². The Hall–Kier alpha value is -1.44. The number of carbonyl (C=O) groups is 2. The number of benzene rings is 1. The standard InChI is InChI=1S/C20H31N3O3S.ClH/c1-26-17-7-4-16(5-8-17)6-9-19(24)22-11-3-12-23(14-13-22)20(25)18(21)10-15-27-2;/h4-5,7-8,18H,3,6,9-15,21H2,1-2H3;1H/t18-;/m0./s1. The number of rotatable bonds is 8. The largest absolute Gasteiger partial charge is 0.497 e. The molecule has 8 heteroatoms. The van der Waals surface area contributed by atoms with E-state index in [9.17, 15) is 9.59 Å². The van der Waals surface area contributed by atoms with Gasteiger partial charge in [-0.1, -0.05) is 12.1 Å². The Labute approximate surface area is 178 Å². The van der Waals surface area contributed by atoms with E-state index in [0.29, 0.717) is 45.4 Å².